The zero-order valence-corrected chi connectivity index (χ0v) is 8.06. The molecule has 2 nitrogen and oxygen atoms in total. The molecule has 60 valence electrons. The molecule has 0 bridgehead atoms. The number of pyridine rings is 1. The topological polar surface area (TPSA) is 38.9 Å². The molecule has 0 aliphatic rings. The Kier molecular flexibility index (Phi) is 3.02. The van der Waals surface area contributed by atoms with Crippen molar-refractivity contribution >= 4 is 15.9 Å². The highest BCUT2D eigenvalue weighted by Crippen LogP contribution is 2.14. The molecule has 3 heteroatoms. The maximum atomic E-state index is 5.40. The van der Waals surface area contributed by atoms with Gasteiger partial charge in [-0.25, -0.2) is 0 Å². The van der Waals surface area contributed by atoms with Crippen LogP contribution in [-0.4, -0.2) is 11.5 Å². The molecule has 11 heavy (non-hydrogen) atoms. The Labute approximate surface area is 75.0 Å². The maximum Gasteiger partial charge on any atom is 0.0419 e. The van der Waals surface area contributed by atoms with E-state index in [1.165, 1.54) is 5.56 Å². The van der Waals surface area contributed by atoms with E-state index in [1.54, 1.807) is 0 Å². The number of rotatable bonds is 2. The molecule has 0 radical (unpaired) electrons. The molecule has 0 spiro atoms. The quantitative estimate of drug-likeness (QED) is 0.814. The summed E-state index contributed by atoms with van der Waals surface area (Å²) in [5.41, 5.74) is 7.67. The van der Waals surface area contributed by atoms with Crippen LogP contribution >= 0.6 is 15.9 Å². The highest BCUT2D eigenvalue weighted by molar-refractivity contribution is 9.10. The zero-order valence-electron chi connectivity index (χ0n) is 6.47. The summed E-state index contributed by atoms with van der Waals surface area (Å²) in [6, 6.07) is 2.05. The third kappa shape index (κ3) is 2.27. The normalized spacial score (nSPS) is 10.1. The fraction of sp³-hybridized carbons (Fsp3) is 0.375. The summed E-state index contributed by atoms with van der Waals surface area (Å²) in [6.07, 6.45) is 2.68. The first kappa shape index (κ1) is 8.68. The van der Waals surface area contributed by atoms with Crippen LogP contribution in [0.25, 0.3) is 0 Å². The summed E-state index contributed by atoms with van der Waals surface area (Å²) in [4.78, 5) is 4.20. The van der Waals surface area contributed by atoms with Gasteiger partial charge in [-0.05, 0) is 41.0 Å². The fourth-order valence-corrected chi connectivity index (χ4v) is 1.10. The van der Waals surface area contributed by atoms with Crippen LogP contribution in [0.15, 0.2) is 16.7 Å². The third-order valence-corrected chi connectivity index (χ3v) is 2.33. The predicted molar refractivity (Wildman–Crippen MR) is 49.4 cm³/mol. The number of aromatic nitrogens is 1. The first-order chi connectivity index (χ1) is 5.24. The Hall–Kier alpha value is -0.410. The van der Waals surface area contributed by atoms with Gasteiger partial charge in [-0.15, -0.1) is 0 Å². The van der Waals surface area contributed by atoms with Crippen LogP contribution in [0.1, 0.15) is 11.3 Å². The molecule has 0 unspecified atom stereocenters. The van der Waals surface area contributed by atoms with Crippen LogP contribution in [-0.2, 0) is 6.42 Å². The number of aryl methyl sites for hydroxylation is 1. The Bertz CT molecular complexity index is 248. The van der Waals surface area contributed by atoms with Crippen LogP contribution in [0.2, 0.25) is 0 Å². The molecule has 2 N–H and O–H groups in total. The number of hydrogen-bond acceptors (Lipinski definition) is 2. The molecule has 0 aromatic carbocycles. The van der Waals surface area contributed by atoms with Crippen LogP contribution < -0.4 is 5.73 Å². The van der Waals surface area contributed by atoms with Gasteiger partial charge in [-0.1, -0.05) is 0 Å². The summed E-state index contributed by atoms with van der Waals surface area (Å²) in [5, 5.41) is 0. The summed E-state index contributed by atoms with van der Waals surface area (Å²) >= 11 is 3.39. The molecular formula is C8H11BrN2. The van der Waals surface area contributed by atoms with E-state index in [4.69, 9.17) is 5.73 Å². The molecule has 0 aliphatic carbocycles. The van der Waals surface area contributed by atoms with Gasteiger partial charge in [0.05, 0.1) is 0 Å². The van der Waals surface area contributed by atoms with Gasteiger partial charge in [0.15, 0.2) is 0 Å². The van der Waals surface area contributed by atoms with Crippen molar-refractivity contribution in [3.05, 3.63) is 28.0 Å². The van der Waals surface area contributed by atoms with Crippen LogP contribution in [0, 0.1) is 6.92 Å². The van der Waals surface area contributed by atoms with Crippen molar-refractivity contribution in [3.8, 4) is 0 Å². The van der Waals surface area contributed by atoms with E-state index >= 15 is 0 Å². The summed E-state index contributed by atoms with van der Waals surface area (Å²) in [7, 11) is 0. The van der Waals surface area contributed by atoms with E-state index in [0.717, 1.165) is 16.6 Å². The van der Waals surface area contributed by atoms with Gasteiger partial charge in [-0.3, -0.25) is 4.98 Å². The largest absolute Gasteiger partial charge is 0.330 e. The van der Waals surface area contributed by atoms with E-state index in [1.807, 2.05) is 13.1 Å². The van der Waals surface area contributed by atoms with Crippen molar-refractivity contribution in [2.45, 2.75) is 13.3 Å². The molecule has 0 atom stereocenters. The van der Waals surface area contributed by atoms with Crippen LogP contribution in [0.5, 0.6) is 0 Å². The Balaban J connectivity index is 2.86. The van der Waals surface area contributed by atoms with Gasteiger partial charge in [0.1, 0.15) is 0 Å². The minimum atomic E-state index is 0.661. The number of nitrogens with zero attached hydrogens (tertiary/aromatic N) is 1. The Morgan fingerprint density at radius 1 is 1.64 bits per heavy atom. The molecule has 0 fully saturated rings. The second kappa shape index (κ2) is 3.83. The lowest BCUT2D eigenvalue weighted by atomic mass is 10.2. The average molecular weight is 215 g/mol. The van der Waals surface area contributed by atoms with Crippen LogP contribution in [0.4, 0.5) is 0 Å². The van der Waals surface area contributed by atoms with E-state index in [-0.39, 0.29) is 0 Å². The molecule has 0 saturated heterocycles. The summed E-state index contributed by atoms with van der Waals surface area (Å²) < 4.78 is 1.05. The molecule has 0 saturated carbocycles. The Morgan fingerprint density at radius 3 is 2.91 bits per heavy atom. The van der Waals surface area contributed by atoms with Crippen molar-refractivity contribution in [2.24, 2.45) is 5.73 Å². The molecule has 1 rings (SSSR count). The second-order valence-corrected chi connectivity index (χ2v) is 3.32. The molecule has 1 heterocycles. The van der Waals surface area contributed by atoms with Gasteiger partial charge in [-0.2, -0.15) is 0 Å². The van der Waals surface area contributed by atoms with Gasteiger partial charge in [0.25, 0.3) is 0 Å². The van der Waals surface area contributed by atoms with E-state index in [0.29, 0.717) is 6.54 Å². The van der Waals surface area contributed by atoms with Gasteiger partial charge >= 0.3 is 0 Å². The van der Waals surface area contributed by atoms with E-state index in [2.05, 4.69) is 27.0 Å². The first-order valence-corrected chi connectivity index (χ1v) is 4.34. The lowest BCUT2D eigenvalue weighted by molar-refractivity contribution is 0.918. The highest BCUT2D eigenvalue weighted by atomic mass is 79.9. The third-order valence-electron chi connectivity index (χ3n) is 1.50. The molecule has 1 aromatic heterocycles. The van der Waals surface area contributed by atoms with Crippen molar-refractivity contribution in [3.63, 3.8) is 0 Å². The summed E-state index contributed by atoms with van der Waals surface area (Å²) in [6.45, 7) is 2.71. The van der Waals surface area contributed by atoms with Gasteiger partial charge in [0.2, 0.25) is 0 Å². The molecule has 0 aliphatic heterocycles. The highest BCUT2D eigenvalue weighted by Gasteiger charge is 1.96. The fourth-order valence-electron chi connectivity index (χ4n) is 0.882. The average Bonchev–Trinajstić information content (AvgIpc) is 1.98. The molecule has 1 aromatic rings. The number of halogens is 1. The van der Waals surface area contributed by atoms with Crippen molar-refractivity contribution in [1.82, 2.24) is 4.98 Å². The maximum absolute atomic E-state index is 5.40. The lowest BCUT2D eigenvalue weighted by Gasteiger charge is -2.00. The summed E-state index contributed by atoms with van der Waals surface area (Å²) in [5.74, 6) is 0. The van der Waals surface area contributed by atoms with Crippen molar-refractivity contribution in [2.75, 3.05) is 6.54 Å². The lowest BCUT2D eigenvalue weighted by Crippen LogP contribution is -2.04. The molecule has 0 amide bonds. The molecular weight excluding hydrogens is 204 g/mol. The van der Waals surface area contributed by atoms with Crippen molar-refractivity contribution < 1.29 is 0 Å². The predicted octanol–water partition coefficient (Wildman–Crippen LogP) is 1.65. The standard InChI is InChI=1S/C8H11BrN2/c1-6-4-7(2-3-10)11-5-8(6)9/h4-5H,2-3,10H2,1H3. The van der Waals surface area contributed by atoms with E-state index in [9.17, 15) is 0 Å². The van der Waals surface area contributed by atoms with Gasteiger partial charge in [0, 0.05) is 22.8 Å². The smallest absolute Gasteiger partial charge is 0.0419 e. The van der Waals surface area contributed by atoms with Crippen molar-refractivity contribution in [1.29, 1.82) is 0 Å². The minimum absolute atomic E-state index is 0.661. The number of hydrogen-bond donors (Lipinski definition) is 1. The minimum Gasteiger partial charge on any atom is -0.330 e. The monoisotopic (exact) mass is 214 g/mol. The first-order valence-electron chi connectivity index (χ1n) is 3.55. The zero-order chi connectivity index (χ0) is 8.27. The van der Waals surface area contributed by atoms with Crippen LogP contribution in [0.3, 0.4) is 0 Å². The SMILES string of the molecule is Cc1cc(CCN)ncc1Br. The second-order valence-electron chi connectivity index (χ2n) is 2.46. The Morgan fingerprint density at radius 2 is 2.36 bits per heavy atom. The number of nitrogens with two attached hydrogens (primary N) is 1. The van der Waals surface area contributed by atoms with E-state index < -0.39 is 0 Å². The van der Waals surface area contributed by atoms with Gasteiger partial charge < -0.3 is 5.73 Å².